The minimum absolute atomic E-state index is 0.0408. The van der Waals surface area contributed by atoms with Crippen LogP contribution >= 0.6 is 11.3 Å². The average molecular weight is 493 g/mol. The van der Waals surface area contributed by atoms with Crippen molar-refractivity contribution in [3.05, 3.63) is 87.4 Å². The first-order valence-electron chi connectivity index (χ1n) is 12.1. The van der Waals surface area contributed by atoms with Gasteiger partial charge in [0.05, 0.1) is 6.04 Å². The molecule has 0 radical (unpaired) electrons. The van der Waals surface area contributed by atoms with Crippen LogP contribution in [0, 0.1) is 18.7 Å². The monoisotopic (exact) mass is 492 g/mol. The van der Waals surface area contributed by atoms with E-state index < -0.39 is 0 Å². The minimum Gasteiger partial charge on any atom is -0.491 e. The van der Waals surface area contributed by atoms with Gasteiger partial charge in [-0.15, -0.1) is 11.3 Å². The van der Waals surface area contributed by atoms with Crippen LogP contribution in [0.2, 0.25) is 0 Å². The molecular formula is C28H29FN2O3S. The lowest BCUT2D eigenvalue weighted by molar-refractivity contribution is -0.135. The number of carbonyl (C=O) groups is 2. The summed E-state index contributed by atoms with van der Waals surface area (Å²) in [4.78, 5) is 31.7. The molecule has 5 rings (SSSR count). The second kappa shape index (κ2) is 10.2. The SMILES string of the molecule is Cc1ccc(C(=O)N(CC(=O)N2CCc3sccc3[C@H]2COc2cccc(F)c2)CC2CC2)cc1. The van der Waals surface area contributed by atoms with Crippen LogP contribution in [-0.4, -0.2) is 47.9 Å². The van der Waals surface area contributed by atoms with E-state index in [9.17, 15) is 14.0 Å². The zero-order valence-electron chi connectivity index (χ0n) is 19.8. The van der Waals surface area contributed by atoms with Crippen molar-refractivity contribution in [3.8, 4) is 5.75 Å². The summed E-state index contributed by atoms with van der Waals surface area (Å²) in [5.74, 6) is 0.348. The zero-order chi connectivity index (χ0) is 24.4. The second-order valence-electron chi connectivity index (χ2n) is 9.42. The van der Waals surface area contributed by atoms with Gasteiger partial charge >= 0.3 is 0 Å². The molecule has 0 unspecified atom stereocenters. The van der Waals surface area contributed by atoms with E-state index in [2.05, 4.69) is 0 Å². The summed E-state index contributed by atoms with van der Waals surface area (Å²) in [6.45, 7) is 3.42. The lowest BCUT2D eigenvalue weighted by Crippen LogP contribution is -2.48. The van der Waals surface area contributed by atoms with Crippen LogP contribution in [0.3, 0.4) is 0 Å². The molecule has 1 aromatic heterocycles. The van der Waals surface area contributed by atoms with Gasteiger partial charge in [-0.05, 0) is 73.4 Å². The van der Waals surface area contributed by atoms with E-state index in [1.165, 1.54) is 17.0 Å². The largest absolute Gasteiger partial charge is 0.491 e. The van der Waals surface area contributed by atoms with E-state index in [-0.39, 0.29) is 36.8 Å². The Labute approximate surface area is 209 Å². The smallest absolute Gasteiger partial charge is 0.254 e. The van der Waals surface area contributed by atoms with E-state index in [1.54, 1.807) is 28.4 Å². The van der Waals surface area contributed by atoms with E-state index >= 15 is 0 Å². The molecule has 1 saturated carbocycles. The molecule has 2 amide bonds. The highest BCUT2D eigenvalue weighted by atomic mass is 32.1. The molecule has 1 fully saturated rings. The normalized spacial score (nSPS) is 17.1. The fraction of sp³-hybridized carbons (Fsp3) is 0.357. The number of benzene rings is 2. The molecule has 0 N–H and O–H groups in total. The molecule has 2 aromatic carbocycles. The number of nitrogens with zero attached hydrogens (tertiary/aromatic N) is 2. The van der Waals surface area contributed by atoms with E-state index in [0.29, 0.717) is 30.3 Å². The van der Waals surface area contributed by atoms with Crippen LogP contribution in [0.5, 0.6) is 5.75 Å². The molecule has 7 heteroatoms. The third kappa shape index (κ3) is 5.56. The van der Waals surface area contributed by atoms with E-state index in [1.807, 2.05) is 47.5 Å². The van der Waals surface area contributed by atoms with Gasteiger partial charge in [0.2, 0.25) is 5.91 Å². The van der Waals surface area contributed by atoms with Crippen molar-refractivity contribution in [3.63, 3.8) is 0 Å². The molecule has 1 aliphatic heterocycles. The van der Waals surface area contributed by atoms with Crippen LogP contribution in [0.15, 0.2) is 60.0 Å². The van der Waals surface area contributed by atoms with Crippen LogP contribution in [0.1, 0.15) is 45.2 Å². The van der Waals surface area contributed by atoms with Crippen molar-refractivity contribution in [1.82, 2.24) is 9.80 Å². The maximum Gasteiger partial charge on any atom is 0.254 e. The highest BCUT2D eigenvalue weighted by Gasteiger charge is 2.35. The van der Waals surface area contributed by atoms with Gasteiger partial charge in [0.15, 0.2) is 0 Å². The number of carbonyl (C=O) groups excluding carboxylic acids is 2. The summed E-state index contributed by atoms with van der Waals surface area (Å²) >= 11 is 1.68. The quantitative estimate of drug-likeness (QED) is 0.431. The van der Waals surface area contributed by atoms with E-state index in [4.69, 9.17) is 4.74 Å². The average Bonchev–Trinajstić information content (AvgIpc) is 3.54. The predicted octanol–water partition coefficient (Wildman–Crippen LogP) is 5.25. The van der Waals surface area contributed by atoms with Crippen molar-refractivity contribution in [2.24, 2.45) is 5.92 Å². The van der Waals surface area contributed by atoms with Gasteiger partial charge in [-0.2, -0.15) is 0 Å². The number of halogens is 1. The molecule has 2 aliphatic rings. The molecular weight excluding hydrogens is 463 g/mol. The molecule has 35 heavy (non-hydrogen) atoms. The molecule has 2 heterocycles. The third-order valence-corrected chi connectivity index (χ3v) is 7.70. The highest BCUT2D eigenvalue weighted by molar-refractivity contribution is 7.10. The molecule has 0 saturated heterocycles. The molecule has 3 aromatic rings. The maximum atomic E-state index is 13.6. The first-order valence-corrected chi connectivity index (χ1v) is 13.0. The summed E-state index contributed by atoms with van der Waals surface area (Å²) in [5, 5.41) is 2.04. The Morgan fingerprint density at radius 2 is 1.94 bits per heavy atom. The van der Waals surface area contributed by atoms with Gasteiger partial charge < -0.3 is 14.5 Å². The number of fused-ring (bicyclic) bond motifs is 1. The summed E-state index contributed by atoms with van der Waals surface area (Å²) in [6, 6.07) is 15.3. The molecule has 1 atom stereocenters. The molecule has 0 spiro atoms. The number of thiophene rings is 1. The van der Waals surface area contributed by atoms with Crippen LogP contribution in [-0.2, 0) is 11.2 Å². The summed E-state index contributed by atoms with van der Waals surface area (Å²) in [7, 11) is 0. The third-order valence-electron chi connectivity index (χ3n) is 6.71. The van der Waals surface area contributed by atoms with Crippen molar-refractivity contribution in [2.75, 3.05) is 26.2 Å². The minimum atomic E-state index is -0.361. The number of hydrogen-bond acceptors (Lipinski definition) is 4. The number of rotatable bonds is 8. The molecule has 182 valence electrons. The Hall–Kier alpha value is -3.19. The first-order chi connectivity index (χ1) is 17.0. The Bertz CT molecular complexity index is 1200. The fourth-order valence-electron chi connectivity index (χ4n) is 4.57. The van der Waals surface area contributed by atoms with Gasteiger partial charge in [-0.25, -0.2) is 4.39 Å². The Kier molecular flexibility index (Phi) is 6.86. The highest BCUT2D eigenvalue weighted by Crippen LogP contribution is 2.35. The van der Waals surface area contributed by atoms with Gasteiger partial charge in [-0.1, -0.05) is 23.8 Å². The Morgan fingerprint density at radius 3 is 2.69 bits per heavy atom. The van der Waals surface area contributed by atoms with Crippen molar-refractivity contribution in [1.29, 1.82) is 0 Å². The van der Waals surface area contributed by atoms with Crippen molar-refractivity contribution in [2.45, 2.75) is 32.2 Å². The molecule has 5 nitrogen and oxygen atoms in total. The molecule has 0 bridgehead atoms. The van der Waals surface area contributed by atoms with Gasteiger partial charge in [0.25, 0.3) is 5.91 Å². The number of hydrogen-bond donors (Lipinski definition) is 0. The zero-order valence-corrected chi connectivity index (χ0v) is 20.6. The van der Waals surface area contributed by atoms with Gasteiger partial charge in [0, 0.05) is 29.6 Å². The van der Waals surface area contributed by atoms with Crippen LogP contribution < -0.4 is 4.74 Å². The van der Waals surface area contributed by atoms with Gasteiger partial charge in [-0.3, -0.25) is 9.59 Å². The van der Waals surface area contributed by atoms with Crippen molar-refractivity contribution >= 4 is 23.2 Å². The fourth-order valence-corrected chi connectivity index (χ4v) is 5.50. The van der Waals surface area contributed by atoms with Gasteiger partial charge in [0.1, 0.15) is 24.7 Å². The maximum absolute atomic E-state index is 13.6. The van der Waals surface area contributed by atoms with Crippen LogP contribution in [0.4, 0.5) is 4.39 Å². The standard InChI is InChI=1S/C28H29FN2O3S/c1-19-5-9-21(10-6-19)28(33)30(16-20-7-8-20)17-27(32)31-13-11-26-24(12-14-35-26)25(31)18-34-23-4-2-3-22(29)15-23/h2-6,9-10,12,14-15,20,25H,7-8,11,13,16-18H2,1H3/t25-/m1/s1. The van der Waals surface area contributed by atoms with Crippen LogP contribution in [0.25, 0.3) is 0 Å². The summed E-state index contributed by atoms with van der Waals surface area (Å²) < 4.78 is 19.6. The number of aryl methyl sites for hydroxylation is 1. The Balaban J connectivity index is 1.34. The predicted molar refractivity (Wildman–Crippen MR) is 134 cm³/mol. The second-order valence-corrected chi connectivity index (χ2v) is 10.4. The molecule has 1 aliphatic carbocycles. The number of amides is 2. The first kappa shape index (κ1) is 23.5. The summed E-state index contributed by atoms with van der Waals surface area (Å²) in [5.41, 5.74) is 2.77. The topological polar surface area (TPSA) is 49.9 Å². The van der Waals surface area contributed by atoms with E-state index in [0.717, 1.165) is 30.4 Å². The summed E-state index contributed by atoms with van der Waals surface area (Å²) in [6.07, 6.45) is 2.97. The lowest BCUT2D eigenvalue weighted by Gasteiger charge is -2.37. The Morgan fingerprint density at radius 1 is 1.14 bits per heavy atom. The van der Waals surface area contributed by atoms with Crippen molar-refractivity contribution < 1.29 is 18.7 Å². The number of ether oxygens (including phenoxy) is 1. The lowest BCUT2D eigenvalue weighted by atomic mass is 10.00.